The Labute approximate surface area is 144 Å². The second-order valence-electron chi connectivity index (χ2n) is 6.96. The van der Waals surface area contributed by atoms with Crippen molar-refractivity contribution in [2.75, 3.05) is 18.4 Å². The van der Waals surface area contributed by atoms with E-state index in [4.69, 9.17) is 0 Å². The van der Waals surface area contributed by atoms with Gasteiger partial charge in [0.1, 0.15) is 0 Å². The summed E-state index contributed by atoms with van der Waals surface area (Å²) in [6.07, 6.45) is 4.34. The van der Waals surface area contributed by atoms with Gasteiger partial charge in [-0.3, -0.25) is 9.69 Å². The Bertz CT molecular complexity index is 704. The summed E-state index contributed by atoms with van der Waals surface area (Å²) in [5.41, 5.74) is 3.42. The molecule has 1 fully saturated rings. The quantitative estimate of drug-likeness (QED) is 0.904. The topological polar surface area (TPSA) is 37.3 Å². The third-order valence-electron chi connectivity index (χ3n) is 4.89. The lowest BCUT2D eigenvalue weighted by atomic mass is 10.0. The highest BCUT2D eigenvalue weighted by atomic mass is 16.2. The van der Waals surface area contributed by atoms with Crippen LogP contribution in [0.2, 0.25) is 0 Å². The second kappa shape index (κ2) is 7.22. The van der Waals surface area contributed by atoms with E-state index >= 15 is 0 Å². The van der Waals surface area contributed by atoms with Gasteiger partial charge in [0.05, 0.1) is 12.6 Å². The standard InChI is InChI=1S/C20H27N3O/c1-15(2)16-8-4-5-9-17(16)21-20(24)14-23-13-7-11-19(23)18-10-6-12-22(18)3/h4-6,8-10,12,15,19H,7,11,13-14H2,1-3H3,(H,21,24)/t19-/m0/s1. The molecule has 2 heterocycles. The zero-order valence-electron chi connectivity index (χ0n) is 14.8. The van der Waals surface area contributed by atoms with E-state index in [0.29, 0.717) is 18.5 Å². The van der Waals surface area contributed by atoms with E-state index in [0.717, 1.165) is 25.1 Å². The van der Waals surface area contributed by atoms with E-state index in [1.807, 2.05) is 18.2 Å². The van der Waals surface area contributed by atoms with Gasteiger partial charge in [0.2, 0.25) is 5.91 Å². The Morgan fingerprint density at radius 2 is 2.04 bits per heavy atom. The molecule has 1 aliphatic rings. The molecule has 1 aromatic heterocycles. The van der Waals surface area contributed by atoms with Crippen LogP contribution < -0.4 is 5.32 Å². The van der Waals surface area contributed by atoms with Crippen molar-refractivity contribution in [2.24, 2.45) is 7.05 Å². The van der Waals surface area contributed by atoms with Gasteiger partial charge in [-0.15, -0.1) is 0 Å². The molecule has 4 nitrogen and oxygen atoms in total. The number of rotatable bonds is 5. The lowest BCUT2D eigenvalue weighted by molar-refractivity contribution is -0.117. The van der Waals surface area contributed by atoms with Crippen LogP contribution in [0.1, 0.15) is 49.9 Å². The maximum absolute atomic E-state index is 12.6. The van der Waals surface area contributed by atoms with Crippen LogP contribution in [0.5, 0.6) is 0 Å². The van der Waals surface area contributed by atoms with Crippen LogP contribution in [-0.2, 0) is 11.8 Å². The van der Waals surface area contributed by atoms with Crippen LogP contribution in [0.3, 0.4) is 0 Å². The Kier molecular flexibility index (Phi) is 5.05. The molecule has 1 aliphatic heterocycles. The number of benzene rings is 1. The van der Waals surface area contributed by atoms with Crippen molar-refractivity contribution in [1.29, 1.82) is 0 Å². The number of aromatic nitrogens is 1. The maximum atomic E-state index is 12.6. The number of nitrogens with one attached hydrogen (secondary N) is 1. The molecule has 3 rings (SSSR count). The predicted molar refractivity (Wildman–Crippen MR) is 98.1 cm³/mol. The zero-order chi connectivity index (χ0) is 17.1. The van der Waals surface area contributed by atoms with Gasteiger partial charge in [-0.2, -0.15) is 0 Å². The van der Waals surface area contributed by atoms with Gasteiger partial charge in [-0.1, -0.05) is 32.0 Å². The molecule has 0 radical (unpaired) electrons. The first-order valence-electron chi connectivity index (χ1n) is 8.80. The largest absolute Gasteiger partial charge is 0.353 e. The highest BCUT2D eigenvalue weighted by Gasteiger charge is 2.29. The van der Waals surface area contributed by atoms with Gasteiger partial charge < -0.3 is 9.88 Å². The molecule has 1 saturated heterocycles. The number of hydrogen-bond donors (Lipinski definition) is 1. The molecule has 24 heavy (non-hydrogen) atoms. The smallest absolute Gasteiger partial charge is 0.238 e. The maximum Gasteiger partial charge on any atom is 0.238 e. The molecule has 1 atom stereocenters. The van der Waals surface area contributed by atoms with Crippen molar-refractivity contribution < 1.29 is 4.79 Å². The summed E-state index contributed by atoms with van der Waals surface area (Å²) in [6.45, 7) is 5.73. The SMILES string of the molecule is CC(C)c1ccccc1NC(=O)CN1CCC[C@H]1c1cccn1C. The Morgan fingerprint density at radius 1 is 1.25 bits per heavy atom. The minimum atomic E-state index is 0.0733. The number of carbonyl (C=O) groups excluding carboxylic acids is 1. The minimum absolute atomic E-state index is 0.0733. The van der Waals surface area contributed by atoms with Crippen LogP contribution in [-0.4, -0.2) is 28.5 Å². The number of carbonyl (C=O) groups is 1. The highest BCUT2D eigenvalue weighted by molar-refractivity contribution is 5.93. The van der Waals surface area contributed by atoms with Crippen molar-refractivity contribution in [3.8, 4) is 0 Å². The molecule has 1 amide bonds. The Morgan fingerprint density at radius 3 is 2.75 bits per heavy atom. The molecule has 0 bridgehead atoms. The van der Waals surface area contributed by atoms with E-state index in [2.05, 4.69) is 60.1 Å². The van der Waals surface area contributed by atoms with Crippen LogP contribution >= 0.6 is 0 Å². The fourth-order valence-electron chi connectivity index (χ4n) is 3.66. The summed E-state index contributed by atoms with van der Waals surface area (Å²) in [7, 11) is 2.07. The number of aryl methyl sites for hydroxylation is 1. The fourth-order valence-corrected chi connectivity index (χ4v) is 3.66. The predicted octanol–water partition coefficient (Wildman–Crippen LogP) is 3.92. The summed E-state index contributed by atoms with van der Waals surface area (Å²) in [6, 6.07) is 12.7. The van der Waals surface area contributed by atoms with Crippen LogP contribution in [0.4, 0.5) is 5.69 Å². The molecule has 0 spiro atoms. The molecule has 0 unspecified atom stereocenters. The van der Waals surface area contributed by atoms with E-state index < -0.39 is 0 Å². The van der Waals surface area contributed by atoms with Crippen molar-refractivity contribution >= 4 is 11.6 Å². The third kappa shape index (κ3) is 3.54. The van der Waals surface area contributed by atoms with Gasteiger partial charge in [0.15, 0.2) is 0 Å². The molecule has 4 heteroatoms. The van der Waals surface area contributed by atoms with Gasteiger partial charge in [-0.25, -0.2) is 0 Å². The molecular formula is C20H27N3O. The monoisotopic (exact) mass is 325 g/mol. The first-order valence-corrected chi connectivity index (χ1v) is 8.80. The molecule has 128 valence electrons. The first-order chi connectivity index (χ1) is 11.6. The molecule has 1 aromatic carbocycles. The average molecular weight is 325 g/mol. The van der Waals surface area contributed by atoms with E-state index in [9.17, 15) is 4.79 Å². The van der Waals surface area contributed by atoms with E-state index in [1.54, 1.807) is 0 Å². The van der Waals surface area contributed by atoms with Crippen LogP contribution in [0.25, 0.3) is 0 Å². The molecule has 0 saturated carbocycles. The number of hydrogen-bond acceptors (Lipinski definition) is 2. The zero-order valence-corrected chi connectivity index (χ0v) is 14.8. The third-order valence-corrected chi connectivity index (χ3v) is 4.89. The lowest BCUT2D eigenvalue weighted by Gasteiger charge is -2.25. The number of amides is 1. The van der Waals surface area contributed by atoms with Gasteiger partial charge in [-0.05, 0) is 49.1 Å². The summed E-state index contributed by atoms with van der Waals surface area (Å²) < 4.78 is 2.16. The minimum Gasteiger partial charge on any atom is -0.353 e. The summed E-state index contributed by atoms with van der Waals surface area (Å²) in [5, 5.41) is 3.11. The van der Waals surface area contributed by atoms with E-state index in [1.165, 1.54) is 11.3 Å². The highest BCUT2D eigenvalue weighted by Crippen LogP contribution is 2.31. The van der Waals surface area contributed by atoms with E-state index in [-0.39, 0.29) is 5.91 Å². The fraction of sp³-hybridized carbons (Fsp3) is 0.450. The van der Waals surface area contributed by atoms with Crippen LogP contribution in [0, 0.1) is 0 Å². The average Bonchev–Trinajstić information content (AvgIpc) is 3.16. The lowest BCUT2D eigenvalue weighted by Crippen LogP contribution is -2.33. The van der Waals surface area contributed by atoms with Crippen LogP contribution in [0.15, 0.2) is 42.6 Å². The van der Waals surface area contributed by atoms with Gasteiger partial charge >= 0.3 is 0 Å². The van der Waals surface area contributed by atoms with Gasteiger partial charge in [0, 0.05) is 24.6 Å². The Balaban J connectivity index is 1.68. The van der Waals surface area contributed by atoms with Crippen molar-refractivity contribution in [2.45, 2.75) is 38.6 Å². The first kappa shape index (κ1) is 16.8. The number of nitrogens with zero attached hydrogens (tertiary/aromatic N) is 2. The molecular weight excluding hydrogens is 298 g/mol. The Hall–Kier alpha value is -2.07. The van der Waals surface area contributed by atoms with Crippen molar-refractivity contribution in [1.82, 2.24) is 9.47 Å². The summed E-state index contributed by atoms with van der Waals surface area (Å²) >= 11 is 0. The van der Waals surface area contributed by atoms with Gasteiger partial charge in [0.25, 0.3) is 0 Å². The second-order valence-corrected chi connectivity index (χ2v) is 6.96. The van der Waals surface area contributed by atoms with Crippen molar-refractivity contribution in [3.05, 3.63) is 53.9 Å². The molecule has 1 N–H and O–H groups in total. The van der Waals surface area contributed by atoms with Crippen molar-refractivity contribution in [3.63, 3.8) is 0 Å². The molecule has 0 aliphatic carbocycles. The summed E-state index contributed by atoms with van der Waals surface area (Å²) in [5.74, 6) is 0.466. The summed E-state index contributed by atoms with van der Waals surface area (Å²) in [4.78, 5) is 14.9. The number of anilines is 1. The molecule has 2 aromatic rings. The number of para-hydroxylation sites is 1. The normalized spacial score (nSPS) is 18.2. The number of likely N-dealkylation sites (tertiary alicyclic amines) is 1.